The van der Waals surface area contributed by atoms with Crippen LogP contribution in [0.3, 0.4) is 0 Å². The molecular weight excluding hydrogens is 236 g/mol. The number of fused-ring (bicyclic) bond motifs is 1. The predicted octanol–water partition coefficient (Wildman–Crippen LogP) is 3.29. The molecule has 1 aliphatic carbocycles. The van der Waals surface area contributed by atoms with E-state index in [-0.39, 0.29) is 0 Å². The molecule has 0 radical (unpaired) electrons. The van der Waals surface area contributed by atoms with Crippen molar-refractivity contribution in [3.63, 3.8) is 0 Å². The Balaban J connectivity index is 2.01. The van der Waals surface area contributed by atoms with Gasteiger partial charge in [0.05, 0.1) is 23.2 Å². The molecule has 1 aliphatic rings. The number of aliphatic hydroxyl groups is 1. The van der Waals surface area contributed by atoms with E-state index in [0.717, 1.165) is 55.4 Å². The quantitative estimate of drug-likeness (QED) is 0.913. The van der Waals surface area contributed by atoms with E-state index in [2.05, 4.69) is 29.7 Å². The summed E-state index contributed by atoms with van der Waals surface area (Å²) in [5, 5.41) is 10.7. The van der Waals surface area contributed by atoms with Gasteiger partial charge in [0, 0.05) is 6.42 Å². The van der Waals surface area contributed by atoms with Crippen molar-refractivity contribution in [3.05, 3.63) is 30.1 Å². The number of aromatic nitrogens is 2. The van der Waals surface area contributed by atoms with Crippen LogP contribution < -0.4 is 0 Å². The Morgan fingerprint density at radius 2 is 2.00 bits per heavy atom. The van der Waals surface area contributed by atoms with Crippen LogP contribution in [0.1, 0.15) is 44.9 Å². The molecule has 3 nitrogen and oxygen atoms in total. The molecule has 0 saturated heterocycles. The molecule has 1 saturated carbocycles. The smallest absolute Gasteiger partial charge is 0.109 e. The van der Waals surface area contributed by atoms with Crippen LogP contribution in [0.4, 0.5) is 0 Å². The third-order valence-electron chi connectivity index (χ3n) is 4.19. The fourth-order valence-electron chi connectivity index (χ4n) is 3.20. The highest BCUT2D eigenvalue weighted by atomic mass is 16.3. The van der Waals surface area contributed by atoms with Crippen molar-refractivity contribution < 1.29 is 5.11 Å². The van der Waals surface area contributed by atoms with Gasteiger partial charge >= 0.3 is 0 Å². The number of rotatable bonds is 4. The first-order valence-electron chi connectivity index (χ1n) is 7.38. The molecule has 102 valence electrons. The van der Waals surface area contributed by atoms with Crippen molar-refractivity contribution in [1.82, 2.24) is 9.55 Å². The molecule has 3 heteroatoms. The topological polar surface area (TPSA) is 38.0 Å². The minimum Gasteiger partial charge on any atom is -0.388 e. The van der Waals surface area contributed by atoms with Gasteiger partial charge in [-0.1, -0.05) is 31.9 Å². The van der Waals surface area contributed by atoms with E-state index in [0.29, 0.717) is 6.54 Å². The molecule has 3 rings (SSSR count). The molecule has 0 spiro atoms. The Hall–Kier alpha value is -1.35. The monoisotopic (exact) mass is 258 g/mol. The van der Waals surface area contributed by atoms with Crippen LogP contribution in [-0.2, 0) is 13.0 Å². The fourth-order valence-corrected chi connectivity index (χ4v) is 3.20. The van der Waals surface area contributed by atoms with Crippen LogP contribution in [0.15, 0.2) is 24.3 Å². The summed E-state index contributed by atoms with van der Waals surface area (Å²) in [7, 11) is 0. The van der Waals surface area contributed by atoms with Gasteiger partial charge in [-0.05, 0) is 31.4 Å². The molecule has 1 N–H and O–H groups in total. The normalized spacial score (nSPS) is 18.2. The van der Waals surface area contributed by atoms with Gasteiger partial charge in [0.2, 0.25) is 0 Å². The van der Waals surface area contributed by atoms with Crippen LogP contribution in [0, 0.1) is 0 Å². The zero-order chi connectivity index (χ0) is 13.3. The number of nitrogens with zero attached hydrogens (tertiary/aromatic N) is 2. The van der Waals surface area contributed by atoms with Gasteiger partial charge in [-0.15, -0.1) is 0 Å². The van der Waals surface area contributed by atoms with Crippen molar-refractivity contribution in [2.75, 3.05) is 0 Å². The maximum Gasteiger partial charge on any atom is 0.109 e. The van der Waals surface area contributed by atoms with Crippen molar-refractivity contribution in [1.29, 1.82) is 0 Å². The average Bonchev–Trinajstić information content (AvgIpc) is 2.97. The van der Waals surface area contributed by atoms with Gasteiger partial charge in [0.1, 0.15) is 5.82 Å². The Kier molecular flexibility index (Phi) is 3.31. The summed E-state index contributed by atoms with van der Waals surface area (Å²) in [5.41, 5.74) is 1.69. The Bertz CT molecular complexity index is 567. The number of hydrogen-bond acceptors (Lipinski definition) is 2. The minimum atomic E-state index is -0.522. The van der Waals surface area contributed by atoms with Crippen LogP contribution in [0.2, 0.25) is 0 Å². The second kappa shape index (κ2) is 4.97. The summed E-state index contributed by atoms with van der Waals surface area (Å²) in [6.45, 7) is 2.87. The highest BCUT2D eigenvalue weighted by molar-refractivity contribution is 5.75. The van der Waals surface area contributed by atoms with Crippen LogP contribution in [-0.4, -0.2) is 20.3 Å². The molecule has 1 heterocycles. The summed E-state index contributed by atoms with van der Waals surface area (Å²) >= 11 is 0. The zero-order valence-corrected chi connectivity index (χ0v) is 11.6. The number of aryl methyl sites for hydroxylation is 1. The summed E-state index contributed by atoms with van der Waals surface area (Å²) in [6, 6.07) is 8.25. The minimum absolute atomic E-state index is 0.522. The van der Waals surface area contributed by atoms with E-state index < -0.39 is 5.60 Å². The maximum atomic E-state index is 10.7. The summed E-state index contributed by atoms with van der Waals surface area (Å²) in [5.74, 6) is 1.11. The molecule has 0 unspecified atom stereocenters. The lowest BCUT2D eigenvalue weighted by Crippen LogP contribution is -2.31. The average molecular weight is 258 g/mol. The van der Waals surface area contributed by atoms with Gasteiger partial charge < -0.3 is 9.67 Å². The van der Waals surface area contributed by atoms with E-state index in [1.165, 1.54) is 0 Å². The predicted molar refractivity (Wildman–Crippen MR) is 77.1 cm³/mol. The van der Waals surface area contributed by atoms with Crippen LogP contribution in [0.5, 0.6) is 0 Å². The van der Waals surface area contributed by atoms with E-state index in [4.69, 9.17) is 4.98 Å². The third kappa shape index (κ3) is 2.39. The number of benzene rings is 1. The number of para-hydroxylation sites is 2. The molecule has 2 aromatic rings. The SMILES string of the molecule is CCCc1nc2ccccc2n1CC1(O)CCCC1. The molecule has 0 bridgehead atoms. The highest BCUT2D eigenvalue weighted by Crippen LogP contribution is 2.32. The Labute approximate surface area is 114 Å². The largest absolute Gasteiger partial charge is 0.388 e. The van der Waals surface area contributed by atoms with Gasteiger partial charge in [-0.2, -0.15) is 0 Å². The number of imidazole rings is 1. The van der Waals surface area contributed by atoms with Crippen molar-refractivity contribution in [3.8, 4) is 0 Å². The molecule has 1 aromatic heterocycles. The van der Waals surface area contributed by atoms with Crippen LogP contribution >= 0.6 is 0 Å². The van der Waals surface area contributed by atoms with Crippen molar-refractivity contribution >= 4 is 11.0 Å². The highest BCUT2D eigenvalue weighted by Gasteiger charge is 2.32. The van der Waals surface area contributed by atoms with E-state index >= 15 is 0 Å². The second-order valence-corrected chi connectivity index (χ2v) is 5.78. The van der Waals surface area contributed by atoms with Gasteiger partial charge in [0.15, 0.2) is 0 Å². The van der Waals surface area contributed by atoms with E-state index in [1.807, 2.05) is 6.07 Å². The van der Waals surface area contributed by atoms with Crippen molar-refractivity contribution in [2.24, 2.45) is 0 Å². The second-order valence-electron chi connectivity index (χ2n) is 5.78. The summed E-state index contributed by atoms with van der Waals surface area (Å²) in [4.78, 5) is 4.73. The summed E-state index contributed by atoms with van der Waals surface area (Å²) in [6.07, 6.45) is 6.20. The van der Waals surface area contributed by atoms with Gasteiger partial charge in [0.25, 0.3) is 0 Å². The van der Waals surface area contributed by atoms with Gasteiger partial charge in [-0.3, -0.25) is 0 Å². The molecular formula is C16H22N2O. The fraction of sp³-hybridized carbons (Fsp3) is 0.562. The number of hydrogen-bond donors (Lipinski definition) is 1. The molecule has 0 aliphatic heterocycles. The maximum absolute atomic E-state index is 10.7. The zero-order valence-electron chi connectivity index (χ0n) is 11.6. The van der Waals surface area contributed by atoms with E-state index in [1.54, 1.807) is 0 Å². The third-order valence-corrected chi connectivity index (χ3v) is 4.19. The standard InChI is InChI=1S/C16H22N2O/c1-2-7-15-17-13-8-3-4-9-14(13)18(15)12-16(19)10-5-6-11-16/h3-4,8-9,19H,2,5-7,10-12H2,1H3. The van der Waals surface area contributed by atoms with E-state index in [9.17, 15) is 5.11 Å². The lowest BCUT2D eigenvalue weighted by atomic mass is 10.0. The Morgan fingerprint density at radius 3 is 2.74 bits per heavy atom. The first-order chi connectivity index (χ1) is 9.22. The molecule has 1 fully saturated rings. The molecule has 1 aromatic carbocycles. The first kappa shape index (κ1) is 12.7. The molecule has 19 heavy (non-hydrogen) atoms. The molecule has 0 atom stereocenters. The molecule has 0 amide bonds. The van der Waals surface area contributed by atoms with Crippen molar-refractivity contribution in [2.45, 2.75) is 57.6 Å². The Morgan fingerprint density at radius 1 is 1.26 bits per heavy atom. The lowest BCUT2D eigenvalue weighted by molar-refractivity contribution is 0.0302. The lowest BCUT2D eigenvalue weighted by Gasteiger charge is -2.24. The first-order valence-corrected chi connectivity index (χ1v) is 7.38. The summed E-state index contributed by atoms with van der Waals surface area (Å²) < 4.78 is 2.24. The van der Waals surface area contributed by atoms with Crippen LogP contribution in [0.25, 0.3) is 11.0 Å². The van der Waals surface area contributed by atoms with Gasteiger partial charge in [-0.25, -0.2) is 4.98 Å².